The highest BCUT2D eigenvalue weighted by Gasteiger charge is 2.27. The van der Waals surface area contributed by atoms with Gasteiger partial charge in [-0.25, -0.2) is 0 Å². The molecule has 26 heavy (non-hydrogen) atoms. The number of benzene rings is 2. The molecule has 0 aliphatic carbocycles. The Morgan fingerprint density at radius 3 is 2.69 bits per heavy atom. The molecule has 140 valence electrons. The Balaban J connectivity index is 0.00000243. The molecule has 7 heteroatoms. The van der Waals surface area contributed by atoms with Crippen molar-refractivity contribution in [3.8, 4) is 5.75 Å². The van der Waals surface area contributed by atoms with Crippen LogP contribution >= 0.6 is 35.6 Å². The molecule has 2 aromatic carbocycles. The third-order valence-corrected chi connectivity index (χ3v) is 5.01. The number of carbonyl (C=O) groups is 1. The van der Waals surface area contributed by atoms with E-state index in [0.717, 1.165) is 18.5 Å². The molecule has 0 radical (unpaired) electrons. The monoisotopic (exact) mass is 414 g/mol. The van der Waals surface area contributed by atoms with E-state index in [1.54, 1.807) is 24.3 Å². The lowest BCUT2D eigenvalue weighted by Gasteiger charge is -2.19. The average molecular weight is 416 g/mol. The second kappa shape index (κ2) is 9.47. The summed E-state index contributed by atoms with van der Waals surface area (Å²) in [6.45, 7) is 2.31. The first kappa shape index (κ1) is 20.8. The van der Waals surface area contributed by atoms with Crippen LogP contribution in [0.1, 0.15) is 22.3 Å². The van der Waals surface area contributed by atoms with Crippen molar-refractivity contribution in [1.29, 1.82) is 0 Å². The molecule has 0 spiro atoms. The number of amides is 1. The lowest BCUT2D eigenvalue weighted by Crippen LogP contribution is -2.30. The van der Waals surface area contributed by atoms with Gasteiger partial charge in [0, 0.05) is 28.7 Å². The average Bonchev–Trinajstić information content (AvgIpc) is 3.10. The molecule has 1 amide bonds. The molecule has 2 N–H and O–H groups in total. The second-order valence-electron chi connectivity index (χ2n) is 6.16. The summed E-state index contributed by atoms with van der Waals surface area (Å²) in [7, 11) is 0. The topological polar surface area (TPSA) is 55.6 Å². The van der Waals surface area contributed by atoms with Gasteiger partial charge >= 0.3 is 0 Å². The lowest BCUT2D eigenvalue weighted by atomic mass is 10.1. The van der Waals surface area contributed by atoms with Crippen LogP contribution in [0.25, 0.3) is 0 Å². The minimum Gasteiger partial charge on any atom is -0.488 e. The summed E-state index contributed by atoms with van der Waals surface area (Å²) in [5, 5.41) is 1.12. The van der Waals surface area contributed by atoms with E-state index in [-0.39, 0.29) is 24.9 Å². The van der Waals surface area contributed by atoms with E-state index in [2.05, 4.69) is 0 Å². The Morgan fingerprint density at radius 2 is 2.00 bits per heavy atom. The molecule has 0 aromatic heterocycles. The standard InChI is InChI=1S/C19H20Cl2N2O2.ClH/c20-15-6-5-14(17(21)9-15)12-25-18-4-2-1-3-16(18)19(24)23-8-7-13(10-22)11-23;/h1-6,9,13H,7-8,10-12,22H2;1H. The number of likely N-dealkylation sites (tertiary alicyclic amines) is 1. The van der Waals surface area contributed by atoms with Crippen molar-refractivity contribution >= 4 is 41.5 Å². The van der Waals surface area contributed by atoms with Crippen molar-refractivity contribution in [2.45, 2.75) is 13.0 Å². The summed E-state index contributed by atoms with van der Waals surface area (Å²) >= 11 is 12.1. The van der Waals surface area contributed by atoms with E-state index in [9.17, 15) is 4.79 Å². The van der Waals surface area contributed by atoms with Crippen LogP contribution in [0.4, 0.5) is 0 Å². The van der Waals surface area contributed by atoms with Gasteiger partial charge in [0.25, 0.3) is 5.91 Å². The van der Waals surface area contributed by atoms with Gasteiger partial charge in [-0.15, -0.1) is 12.4 Å². The molecule has 1 unspecified atom stereocenters. The van der Waals surface area contributed by atoms with Gasteiger partial charge in [0.05, 0.1) is 5.56 Å². The fourth-order valence-corrected chi connectivity index (χ4v) is 3.41. The number of hydrogen-bond acceptors (Lipinski definition) is 3. The Bertz CT molecular complexity index is 770. The number of halogens is 3. The van der Waals surface area contributed by atoms with Gasteiger partial charge in [-0.3, -0.25) is 4.79 Å². The van der Waals surface area contributed by atoms with Gasteiger partial charge < -0.3 is 15.4 Å². The van der Waals surface area contributed by atoms with Crippen LogP contribution < -0.4 is 10.5 Å². The van der Waals surface area contributed by atoms with Gasteiger partial charge in [-0.2, -0.15) is 0 Å². The van der Waals surface area contributed by atoms with E-state index in [4.69, 9.17) is 33.7 Å². The van der Waals surface area contributed by atoms with E-state index < -0.39 is 0 Å². The molecule has 1 heterocycles. The number of ether oxygens (including phenoxy) is 1. The third kappa shape index (κ3) is 4.83. The van der Waals surface area contributed by atoms with Crippen molar-refractivity contribution < 1.29 is 9.53 Å². The van der Waals surface area contributed by atoms with Gasteiger partial charge in [0.2, 0.25) is 0 Å². The minimum absolute atomic E-state index is 0. The number of nitrogens with zero attached hydrogens (tertiary/aromatic N) is 1. The van der Waals surface area contributed by atoms with Crippen LogP contribution in [0.2, 0.25) is 10.0 Å². The van der Waals surface area contributed by atoms with E-state index in [1.165, 1.54) is 0 Å². The summed E-state index contributed by atoms with van der Waals surface area (Å²) in [4.78, 5) is 14.7. The maximum absolute atomic E-state index is 12.8. The molecule has 4 nitrogen and oxygen atoms in total. The van der Waals surface area contributed by atoms with Crippen molar-refractivity contribution in [2.75, 3.05) is 19.6 Å². The van der Waals surface area contributed by atoms with E-state index >= 15 is 0 Å². The normalized spacial score (nSPS) is 16.3. The number of hydrogen-bond donors (Lipinski definition) is 1. The molecule has 0 bridgehead atoms. The van der Waals surface area contributed by atoms with Crippen LogP contribution in [0, 0.1) is 5.92 Å². The Morgan fingerprint density at radius 1 is 1.23 bits per heavy atom. The van der Waals surface area contributed by atoms with Crippen LogP contribution in [-0.4, -0.2) is 30.4 Å². The SMILES string of the molecule is Cl.NCC1CCN(C(=O)c2ccccc2OCc2ccc(Cl)cc2Cl)C1. The molecule has 1 aliphatic rings. The fourth-order valence-electron chi connectivity index (χ4n) is 2.94. The molecular formula is C19H21Cl3N2O2. The zero-order valence-electron chi connectivity index (χ0n) is 14.2. The predicted molar refractivity (Wildman–Crippen MR) is 108 cm³/mol. The lowest BCUT2D eigenvalue weighted by molar-refractivity contribution is 0.0782. The quantitative estimate of drug-likeness (QED) is 0.786. The van der Waals surface area contributed by atoms with Gasteiger partial charge in [0.1, 0.15) is 12.4 Å². The first-order chi connectivity index (χ1) is 12.1. The highest BCUT2D eigenvalue weighted by atomic mass is 35.5. The van der Waals surface area contributed by atoms with Crippen molar-refractivity contribution in [3.63, 3.8) is 0 Å². The van der Waals surface area contributed by atoms with E-state index in [0.29, 0.717) is 40.4 Å². The Labute approximate surface area is 169 Å². The van der Waals surface area contributed by atoms with E-state index in [1.807, 2.05) is 23.1 Å². The molecule has 3 rings (SSSR count). The predicted octanol–water partition coefficient (Wildman–Crippen LogP) is 4.42. The number of carbonyl (C=O) groups excluding carboxylic acids is 1. The highest BCUT2D eigenvalue weighted by molar-refractivity contribution is 6.35. The zero-order valence-corrected chi connectivity index (χ0v) is 16.5. The van der Waals surface area contributed by atoms with Crippen LogP contribution in [0.15, 0.2) is 42.5 Å². The molecule has 0 saturated carbocycles. The highest BCUT2D eigenvalue weighted by Crippen LogP contribution is 2.26. The second-order valence-corrected chi connectivity index (χ2v) is 7.01. The zero-order chi connectivity index (χ0) is 17.8. The summed E-state index contributed by atoms with van der Waals surface area (Å²) in [6.07, 6.45) is 0.950. The van der Waals surface area contributed by atoms with Crippen molar-refractivity contribution in [3.05, 3.63) is 63.6 Å². The molecule has 1 aliphatic heterocycles. The van der Waals surface area contributed by atoms with Gasteiger partial charge in [0.15, 0.2) is 0 Å². The Hall–Kier alpha value is -1.46. The maximum atomic E-state index is 12.8. The molecule has 2 aromatic rings. The third-order valence-electron chi connectivity index (χ3n) is 4.42. The fraction of sp³-hybridized carbons (Fsp3) is 0.316. The van der Waals surface area contributed by atoms with Gasteiger partial charge in [-0.1, -0.05) is 41.4 Å². The molecule has 1 saturated heterocycles. The van der Waals surface area contributed by atoms with Crippen molar-refractivity contribution in [1.82, 2.24) is 4.90 Å². The van der Waals surface area contributed by atoms with Gasteiger partial charge in [-0.05, 0) is 43.1 Å². The van der Waals surface area contributed by atoms with Crippen molar-refractivity contribution in [2.24, 2.45) is 11.7 Å². The Kier molecular flexibility index (Phi) is 7.59. The molecule has 1 atom stereocenters. The summed E-state index contributed by atoms with van der Waals surface area (Å²) in [6, 6.07) is 12.5. The summed E-state index contributed by atoms with van der Waals surface area (Å²) in [5.41, 5.74) is 7.09. The molecule has 1 fully saturated rings. The minimum atomic E-state index is -0.0197. The first-order valence-electron chi connectivity index (χ1n) is 8.23. The largest absolute Gasteiger partial charge is 0.488 e. The first-order valence-corrected chi connectivity index (χ1v) is 8.99. The number of rotatable bonds is 5. The smallest absolute Gasteiger partial charge is 0.257 e. The van der Waals surface area contributed by atoms with Crippen LogP contribution in [-0.2, 0) is 6.61 Å². The maximum Gasteiger partial charge on any atom is 0.257 e. The van der Waals surface area contributed by atoms with Crippen LogP contribution in [0.5, 0.6) is 5.75 Å². The number of para-hydroxylation sites is 1. The summed E-state index contributed by atoms with van der Waals surface area (Å²) in [5.74, 6) is 0.911. The molecular weight excluding hydrogens is 395 g/mol. The number of nitrogens with two attached hydrogens (primary N) is 1. The van der Waals surface area contributed by atoms with Crippen LogP contribution in [0.3, 0.4) is 0 Å². The summed E-state index contributed by atoms with van der Waals surface area (Å²) < 4.78 is 5.88.